The minimum Gasteiger partial charge on any atom is -0.390 e. The largest absolute Gasteiger partial charge is 0.390 e. The van der Waals surface area contributed by atoms with Gasteiger partial charge in [-0.3, -0.25) is 4.90 Å². The molecule has 0 aliphatic carbocycles. The molecule has 0 amide bonds. The Morgan fingerprint density at radius 1 is 1.00 bits per heavy atom. The van der Waals surface area contributed by atoms with E-state index in [9.17, 15) is 13.9 Å². The molecule has 2 aromatic carbocycles. The zero-order valence-electron chi connectivity index (χ0n) is 15.4. The summed E-state index contributed by atoms with van der Waals surface area (Å²) < 4.78 is 26.7. The molecule has 1 heterocycles. The summed E-state index contributed by atoms with van der Waals surface area (Å²) in [6.45, 7) is 3.00. The molecule has 3 rings (SSSR count). The Labute approximate surface area is 159 Å². The van der Waals surface area contributed by atoms with Crippen LogP contribution in [0.5, 0.6) is 0 Å². The lowest BCUT2D eigenvalue weighted by molar-refractivity contribution is 0.0172. The number of piperazine rings is 1. The molecule has 2 aromatic rings. The van der Waals surface area contributed by atoms with Gasteiger partial charge in [-0.15, -0.1) is 0 Å². The van der Waals surface area contributed by atoms with Gasteiger partial charge in [0.1, 0.15) is 11.6 Å². The first kappa shape index (κ1) is 19.9. The van der Waals surface area contributed by atoms with Crippen LogP contribution in [0, 0.1) is 11.6 Å². The highest BCUT2D eigenvalue weighted by Crippen LogP contribution is 2.28. The van der Waals surface area contributed by atoms with Crippen molar-refractivity contribution in [2.45, 2.75) is 24.5 Å². The Morgan fingerprint density at radius 2 is 1.52 bits per heavy atom. The highest BCUT2D eigenvalue weighted by molar-refractivity contribution is 5.25. The number of benzene rings is 2. The van der Waals surface area contributed by atoms with E-state index in [-0.39, 0.29) is 23.7 Å². The predicted molar refractivity (Wildman–Crippen MR) is 102 cm³/mol. The van der Waals surface area contributed by atoms with Gasteiger partial charge in [-0.1, -0.05) is 24.3 Å². The lowest BCUT2D eigenvalue weighted by atomic mass is 9.81. The van der Waals surface area contributed by atoms with Crippen LogP contribution in [0.4, 0.5) is 8.78 Å². The fourth-order valence-corrected chi connectivity index (χ4v) is 3.87. The van der Waals surface area contributed by atoms with Crippen LogP contribution in [-0.4, -0.2) is 54.4 Å². The minimum atomic E-state index is -0.607. The molecule has 1 atom stereocenters. The van der Waals surface area contributed by atoms with E-state index in [1.165, 1.54) is 24.3 Å². The second-order valence-electron chi connectivity index (χ2n) is 7.34. The summed E-state index contributed by atoms with van der Waals surface area (Å²) in [4.78, 5) is 2.27. The van der Waals surface area contributed by atoms with E-state index in [1.54, 1.807) is 24.3 Å². The number of halogens is 2. The fraction of sp³-hybridized carbons (Fsp3) is 0.429. The van der Waals surface area contributed by atoms with E-state index in [0.29, 0.717) is 19.4 Å². The van der Waals surface area contributed by atoms with Crippen LogP contribution in [-0.2, 0) is 12.8 Å². The second-order valence-corrected chi connectivity index (χ2v) is 7.34. The molecule has 1 aliphatic heterocycles. The van der Waals surface area contributed by atoms with Crippen LogP contribution < -0.4 is 11.1 Å². The van der Waals surface area contributed by atoms with Gasteiger partial charge in [0.2, 0.25) is 0 Å². The molecule has 0 spiro atoms. The van der Waals surface area contributed by atoms with Crippen LogP contribution >= 0.6 is 0 Å². The molecule has 146 valence electrons. The quantitative estimate of drug-likeness (QED) is 0.690. The highest BCUT2D eigenvalue weighted by Gasteiger charge is 2.39. The molecule has 0 aromatic heterocycles. The Hall–Kier alpha value is -1.86. The average Bonchev–Trinajstić information content (AvgIpc) is 2.67. The first-order valence-corrected chi connectivity index (χ1v) is 9.33. The molecule has 1 fully saturated rings. The molecule has 1 aliphatic rings. The van der Waals surface area contributed by atoms with Crippen molar-refractivity contribution in [1.29, 1.82) is 0 Å². The summed E-state index contributed by atoms with van der Waals surface area (Å²) in [5.41, 5.74) is 7.37. The monoisotopic (exact) mass is 375 g/mol. The number of rotatable bonds is 7. The summed E-state index contributed by atoms with van der Waals surface area (Å²) in [6, 6.07) is 13.1. The zero-order chi connectivity index (χ0) is 19.3. The van der Waals surface area contributed by atoms with Crippen LogP contribution in [0.3, 0.4) is 0 Å². The SMILES string of the molecule is NCC(O)CN1CCNCC1(Cc1ccc(F)cc1)Cc1ccc(F)cc1. The van der Waals surface area contributed by atoms with Gasteiger partial charge in [-0.05, 0) is 48.2 Å². The third kappa shape index (κ3) is 5.11. The summed E-state index contributed by atoms with van der Waals surface area (Å²) >= 11 is 0. The Balaban J connectivity index is 1.92. The molecule has 1 unspecified atom stereocenters. The second kappa shape index (κ2) is 8.89. The lowest BCUT2D eigenvalue weighted by Gasteiger charge is -2.49. The Bertz CT molecular complexity index is 674. The predicted octanol–water partition coefficient (Wildman–Crippen LogP) is 1.71. The Kier molecular flexibility index (Phi) is 6.55. The lowest BCUT2D eigenvalue weighted by Crippen LogP contribution is -2.65. The molecule has 1 saturated heterocycles. The van der Waals surface area contributed by atoms with E-state index < -0.39 is 6.10 Å². The third-order valence-electron chi connectivity index (χ3n) is 5.28. The number of nitrogens with one attached hydrogen (secondary N) is 1. The van der Waals surface area contributed by atoms with Crippen LogP contribution in [0.25, 0.3) is 0 Å². The number of hydrogen-bond donors (Lipinski definition) is 3. The summed E-state index contributed by atoms with van der Waals surface area (Å²) in [5.74, 6) is -0.521. The van der Waals surface area contributed by atoms with Gasteiger partial charge < -0.3 is 16.2 Å². The number of hydrogen-bond acceptors (Lipinski definition) is 4. The van der Waals surface area contributed by atoms with Gasteiger partial charge in [0.25, 0.3) is 0 Å². The summed E-state index contributed by atoms with van der Waals surface area (Å²) in [5, 5.41) is 13.6. The van der Waals surface area contributed by atoms with Crippen molar-refractivity contribution in [3.05, 3.63) is 71.3 Å². The molecule has 0 radical (unpaired) electrons. The maximum atomic E-state index is 13.3. The Morgan fingerprint density at radius 3 is 2.00 bits per heavy atom. The van der Waals surface area contributed by atoms with Gasteiger partial charge in [0.05, 0.1) is 6.10 Å². The van der Waals surface area contributed by atoms with Crippen molar-refractivity contribution in [3.8, 4) is 0 Å². The highest BCUT2D eigenvalue weighted by atomic mass is 19.1. The van der Waals surface area contributed by atoms with E-state index in [2.05, 4.69) is 10.2 Å². The number of aliphatic hydroxyl groups is 1. The smallest absolute Gasteiger partial charge is 0.123 e. The first-order chi connectivity index (χ1) is 13.0. The number of nitrogens with zero attached hydrogens (tertiary/aromatic N) is 1. The van der Waals surface area contributed by atoms with E-state index in [0.717, 1.165) is 30.8 Å². The van der Waals surface area contributed by atoms with Gasteiger partial charge in [-0.25, -0.2) is 8.78 Å². The maximum absolute atomic E-state index is 13.3. The van der Waals surface area contributed by atoms with E-state index >= 15 is 0 Å². The van der Waals surface area contributed by atoms with Gasteiger partial charge >= 0.3 is 0 Å². The maximum Gasteiger partial charge on any atom is 0.123 e. The van der Waals surface area contributed by atoms with Crippen molar-refractivity contribution in [3.63, 3.8) is 0 Å². The van der Waals surface area contributed by atoms with Crippen LogP contribution in [0.2, 0.25) is 0 Å². The van der Waals surface area contributed by atoms with Crippen LogP contribution in [0.15, 0.2) is 48.5 Å². The van der Waals surface area contributed by atoms with Gasteiger partial charge in [0, 0.05) is 38.3 Å². The standard InChI is InChI=1S/C21H27F2N3O/c22-18-5-1-16(2-6-18)11-21(12-17-3-7-19(23)8-4-17)15-25-9-10-26(21)14-20(27)13-24/h1-8,20,25,27H,9-15,24H2. The molecule has 4 N–H and O–H groups in total. The van der Waals surface area contributed by atoms with Gasteiger partial charge in [0.15, 0.2) is 0 Å². The summed E-state index contributed by atoms with van der Waals surface area (Å²) in [6.07, 6.45) is 0.771. The number of nitrogens with two attached hydrogens (primary N) is 1. The first-order valence-electron chi connectivity index (χ1n) is 9.33. The topological polar surface area (TPSA) is 61.5 Å². The number of aliphatic hydroxyl groups excluding tert-OH is 1. The van der Waals surface area contributed by atoms with E-state index in [1.807, 2.05) is 0 Å². The zero-order valence-corrected chi connectivity index (χ0v) is 15.4. The fourth-order valence-electron chi connectivity index (χ4n) is 3.87. The molecule has 0 bridgehead atoms. The van der Waals surface area contributed by atoms with Crippen molar-refractivity contribution in [2.24, 2.45) is 5.73 Å². The average molecular weight is 375 g/mol. The van der Waals surface area contributed by atoms with E-state index in [4.69, 9.17) is 5.73 Å². The molecule has 4 nitrogen and oxygen atoms in total. The normalized spacial score (nSPS) is 18.4. The molecular formula is C21H27F2N3O. The van der Waals surface area contributed by atoms with Crippen molar-refractivity contribution in [1.82, 2.24) is 10.2 Å². The molecule has 0 saturated carbocycles. The van der Waals surface area contributed by atoms with Crippen LogP contribution in [0.1, 0.15) is 11.1 Å². The van der Waals surface area contributed by atoms with Crippen molar-refractivity contribution < 1.29 is 13.9 Å². The van der Waals surface area contributed by atoms with Crippen molar-refractivity contribution in [2.75, 3.05) is 32.7 Å². The van der Waals surface area contributed by atoms with Gasteiger partial charge in [-0.2, -0.15) is 0 Å². The molecular weight excluding hydrogens is 348 g/mol. The molecule has 27 heavy (non-hydrogen) atoms. The summed E-state index contributed by atoms with van der Waals surface area (Å²) in [7, 11) is 0. The number of β-amino-alcohol motifs (C(OH)–C–C–N with tert-alkyl or cyclic N) is 1. The molecule has 6 heteroatoms. The van der Waals surface area contributed by atoms with Crippen molar-refractivity contribution >= 4 is 0 Å². The third-order valence-corrected chi connectivity index (χ3v) is 5.28. The minimum absolute atomic E-state index is 0.201.